The second-order valence-corrected chi connectivity index (χ2v) is 33.2. The average molecular weight is 1410 g/mol. The van der Waals surface area contributed by atoms with Crippen molar-refractivity contribution in [3.8, 4) is 22.3 Å². The molecule has 2 atom stereocenters. The third-order valence-corrected chi connectivity index (χ3v) is 19.6. The Morgan fingerprint density at radius 2 is 0.609 bits per heavy atom. The van der Waals surface area contributed by atoms with Gasteiger partial charge in [-0.15, -0.1) is 22.3 Å². The number of benzene rings is 8. The van der Waals surface area contributed by atoms with Crippen molar-refractivity contribution in [2.45, 2.75) is 173 Å². The monoisotopic (exact) mass is 1410 g/mol. The Bertz CT molecular complexity index is 3390. The molecule has 0 amide bonds. The van der Waals surface area contributed by atoms with Crippen molar-refractivity contribution in [2.75, 3.05) is 0 Å². The van der Waals surface area contributed by atoms with Crippen LogP contribution in [-0.2, 0) is 83.0 Å². The minimum absolute atomic E-state index is 0. The summed E-state index contributed by atoms with van der Waals surface area (Å²) in [5, 5.41) is 0. The molecule has 0 aliphatic heterocycles. The molecule has 0 saturated carbocycles. The first-order chi connectivity index (χ1) is 42.1. The first-order valence-electron chi connectivity index (χ1n) is 32.5. The fourth-order valence-corrected chi connectivity index (χ4v) is 12.6. The predicted octanol–water partition coefficient (Wildman–Crippen LogP) is 16.9. The fourth-order valence-electron chi connectivity index (χ4n) is 10.9. The molecule has 0 nitrogen and oxygen atoms in total. The third kappa shape index (κ3) is 21.9. The van der Waals surface area contributed by atoms with E-state index in [9.17, 15) is 0 Å². The molecule has 0 bridgehead atoms. The van der Waals surface area contributed by atoms with Crippen LogP contribution in [0, 0.1) is 47.0 Å². The van der Waals surface area contributed by atoms with E-state index in [4.69, 9.17) is 0 Å². The van der Waals surface area contributed by atoms with Crippen molar-refractivity contribution >= 4 is 6.41 Å². The number of hydrogen-bond acceptors (Lipinski definition) is 0. The Kier molecular flexibility index (Phi) is 27.8. The molecule has 4 aliphatic carbocycles. The number of allylic oxidation sites excluding steroid dienone is 8. The molecule has 0 heterocycles. The third-order valence-electron chi connectivity index (χ3n) is 16.8. The fraction of sp³-hybridized carbons (Fsp3) is 0.341. The minimum atomic E-state index is 0. The van der Waals surface area contributed by atoms with Gasteiger partial charge in [0, 0.05) is 0 Å². The molecule has 12 rings (SSSR count). The van der Waals surface area contributed by atoms with E-state index in [2.05, 4.69) is 369 Å². The van der Waals surface area contributed by atoms with Crippen molar-refractivity contribution in [3.05, 3.63) is 308 Å². The number of halogens is 2. The zero-order valence-electron chi connectivity index (χ0n) is 59.0. The van der Waals surface area contributed by atoms with Crippen molar-refractivity contribution in [1.29, 1.82) is 0 Å². The Hall–Kier alpha value is -5.19. The van der Waals surface area contributed by atoms with E-state index in [0.717, 1.165) is 12.8 Å². The molecule has 92 heavy (non-hydrogen) atoms. The molecule has 0 radical (unpaired) electrons. The Labute approximate surface area is 600 Å². The van der Waals surface area contributed by atoms with Crippen molar-refractivity contribution < 1.29 is 73.3 Å². The summed E-state index contributed by atoms with van der Waals surface area (Å²) in [6.07, 6.45) is 17.4. The number of fused-ring (bicyclic) bond motifs is 6. The first kappa shape index (κ1) is 77.5. The van der Waals surface area contributed by atoms with E-state index in [1.807, 2.05) is 0 Å². The van der Waals surface area contributed by atoms with E-state index < -0.39 is 0 Å². The van der Waals surface area contributed by atoms with Gasteiger partial charge in [0.05, 0.1) is 0 Å². The Balaban J connectivity index is 0.000000204. The van der Waals surface area contributed by atoms with E-state index in [0.29, 0.717) is 22.7 Å². The normalized spacial score (nSPS) is 14.9. The summed E-state index contributed by atoms with van der Waals surface area (Å²) < 4.78 is 2.83. The summed E-state index contributed by atoms with van der Waals surface area (Å²) in [5.41, 5.74) is 26.2. The van der Waals surface area contributed by atoms with Gasteiger partial charge in [0.2, 0.25) is 0 Å². The molecule has 8 aromatic carbocycles. The first-order valence-corrected chi connectivity index (χ1v) is 34.9. The number of hydrogen-bond donors (Lipinski definition) is 0. The average Bonchev–Trinajstić information content (AvgIpc) is 1.63. The molecule has 0 spiro atoms. The zero-order valence-corrected chi connectivity index (χ0v) is 65.4. The van der Waals surface area contributed by atoms with Crippen LogP contribution in [0.15, 0.2) is 217 Å². The van der Waals surface area contributed by atoms with Gasteiger partial charge in [-0.05, 0) is 56.8 Å². The number of rotatable bonds is 4. The molecule has 0 aromatic heterocycles. The van der Waals surface area contributed by atoms with Crippen molar-refractivity contribution in [1.82, 2.24) is 0 Å². The molecule has 4 heteroatoms. The molecule has 0 saturated heterocycles. The van der Waals surface area contributed by atoms with Crippen molar-refractivity contribution in [3.63, 3.8) is 0 Å². The van der Waals surface area contributed by atoms with Crippen LogP contribution in [0.4, 0.5) is 0 Å². The summed E-state index contributed by atoms with van der Waals surface area (Å²) in [7, 11) is 0. The van der Waals surface area contributed by atoms with Gasteiger partial charge in [0.1, 0.15) is 0 Å². The molecule has 0 N–H and O–H groups in total. The second-order valence-electron chi connectivity index (χ2n) is 30.8. The van der Waals surface area contributed by atoms with Crippen LogP contribution in [-0.4, -0.2) is 6.41 Å². The zero-order chi connectivity index (χ0) is 66.0. The predicted molar refractivity (Wildman–Crippen MR) is 383 cm³/mol. The second kappa shape index (κ2) is 33.0. The van der Waals surface area contributed by atoms with Crippen LogP contribution >= 0.6 is 0 Å². The van der Waals surface area contributed by atoms with Gasteiger partial charge in [-0.25, -0.2) is 12.2 Å². The summed E-state index contributed by atoms with van der Waals surface area (Å²) in [6.45, 7) is 44.9. The molecular formula is C88H100Cl2Zr2-2. The van der Waals surface area contributed by atoms with E-state index in [1.165, 1.54) is 155 Å². The SMILES string of the molecule is CC(C)(C)c1[c-]c2c(cc1)-c1ccc(C(C)(C)C)cc1C2.CC(C)(C)c1[c-]c2c(cc1)-c1ccc(C(C)(C)C)cc1C2.CC1[C-]=CC(C(C)(C)C)=C1.CC1[C-]=CC(C(C)(C)C)=C1.[Cl-].[Cl-].[Zr+2]=[C](c1ccccc1)c1ccccc1.[Zr+2]=[C](c1ccccc1)c1ccccc1. The van der Waals surface area contributed by atoms with Crippen LogP contribution in [0.5, 0.6) is 0 Å². The van der Waals surface area contributed by atoms with Crippen molar-refractivity contribution in [2.24, 2.45) is 22.7 Å². The maximum atomic E-state index is 3.67. The van der Waals surface area contributed by atoms with Gasteiger partial charge in [-0.2, -0.15) is 70.8 Å². The summed E-state index contributed by atoms with van der Waals surface area (Å²) >= 11 is 2.92. The molecular weight excluding hydrogens is 1310 g/mol. The van der Waals surface area contributed by atoms with Gasteiger partial charge in [0.25, 0.3) is 0 Å². The Morgan fingerprint density at radius 1 is 0.337 bits per heavy atom. The molecule has 8 aromatic rings. The molecule has 0 fully saturated rings. The van der Waals surface area contributed by atoms with Crippen LogP contribution in [0.2, 0.25) is 0 Å². The topological polar surface area (TPSA) is 0 Å². The molecule has 4 aliphatic rings. The standard InChI is InChI=1S/2C21H25.2C13H10.2C10H15.2ClH.2Zr/c2*1-20(2,3)16-7-9-18-14(12-16)11-15-13-17(21(4,5)6)8-10-19(15)18;2*1-3-7-12(8-4-1)11-13-9-5-2-6-10-13;2*1-8-5-6-9(7-8)10(2,3)4;;;;/h2*7-10,12H,11H2,1-6H3;2*1-10H;2*6-8H,1-4H3;2*1H;;/q2*-1;;;2*-1;;;2*+2/p-2. The van der Waals surface area contributed by atoms with Gasteiger partial charge in [-0.1, -0.05) is 209 Å². The summed E-state index contributed by atoms with van der Waals surface area (Å²) in [6, 6.07) is 72.5. The van der Waals surface area contributed by atoms with E-state index >= 15 is 0 Å². The van der Waals surface area contributed by atoms with Crippen LogP contribution in [0.25, 0.3) is 22.3 Å². The summed E-state index contributed by atoms with van der Waals surface area (Å²) in [4.78, 5) is 0. The van der Waals surface area contributed by atoms with Gasteiger partial charge in [-0.3, -0.25) is 12.2 Å². The Morgan fingerprint density at radius 3 is 0.826 bits per heavy atom. The van der Waals surface area contributed by atoms with E-state index in [-0.39, 0.29) is 46.5 Å². The van der Waals surface area contributed by atoms with Crippen LogP contribution in [0.1, 0.15) is 205 Å². The van der Waals surface area contributed by atoms with Gasteiger partial charge in [0.15, 0.2) is 0 Å². The summed E-state index contributed by atoms with van der Waals surface area (Å²) in [5.74, 6) is 1.04. The van der Waals surface area contributed by atoms with Crippen LogP contribution < -0.4 is 24.8 Å². The van der Waals surface area contributed by atoms with Gasteiger partial charge >= 0.3 is 198 Å². The molecule has 2 unspecified atom stereocenters. The molecule has 476 valence electrons. The quantitative estimate of drug-likeness (QED) is 0.154. The van der Waals surface area contributed by atoms with Crippen LogP contribution in [0.3, 0.4) is 0 Å². The van der Waals surface area contributed by atoms with Gasteiger partial charge < -0.3 is 24.8 Å². The maximum absolute atomic E-state index is 3.67. The van der Waals surface area contributed by atoms with E-state index in [1.54, 1.807) is 0 Å².